The van der Waals surface area contributed by atoms with Crippen molar-refractivity contribution in [3.05, 3.63) is 0 Å². The van der Waals surface area contributed by atoms with Gasteiger partial charge in [-0.2, -0.15) is 0 Å². The Kier molecular flexibility index (Phi) is 6.31. The first-order valence-corrected chi connectivity index (χ1v) is 8.68. The zero-order chi connectivity index (χ0) is 14.4. The smallest absolute Gasteiger partial charge is 0.0729 e. The van der Waals surface area contributed by atoms with E-state index in [9.17, 15) is 0 Å². The molecule has 1 spiro atoms. The largest absolute Gasteiger partial charge is 0.381 e. The molecule has 0 radical (unpaired) electrons. The maximum absolute atomic E-state index is 6.67. The molecule has 0 saturated carbocycles. The minimum Gasteiger partial charge on any atom is -0.381 e. The molecule has 2 fully saturated rings. The summed E-state index contributed by atoms with van der Waals surface area (Å²) in [5, 5.41) is 0. The SMILES string of the molecule is CCCC(CCC)C(N)C1CCOC2(CCOCC2)C1. The molecule has 20 heavy (non-hydrogen) atoms. The Morgan fingerprint density at radius 2 is 1.75 bits per heavy atom. The topological polar surface area (TPSA) is 44.5 Å². The van der Waals surface area contributed by atoms with Gasteiger partial charge in [-0.1, -0.05) is 26.7 Å². The molecule has 0 aromatic rings. The molecule has 2 rings (SSSR count). The monoisotopic (exact) mass is 283 g/mol. The van der Waals surface area contributed by atoms with Gasteiger partial charge in [0.25, 0.3) is 0 Å². The third kappa shape index (κ3) is 3.96. The van der Waals surface area contributed by atoms with Gasteiger partial charge in [0.15, 0.2) is 0 Å². The lowest BCUT2D eigenvalue weighted by molar-refractivity contribution is -0.150. The Balaban J connectivity index is 1.95. The van der Waals surface area contributed by atoms with E-state index < -0.39 is 0 Å². The lowest BCUT2D eigenvalue weighted by Gasteiger charge is -2.46. The highest BCUT2D eigenvalue weighted by Crippen LogP contribution is 2.39. The van der Waals surface area contributed by atoms with Gasteiger partial charge in [0.1, 0.15) is 0 Å². The molecule has 2 atom stereocenters. The lowest BCUT2D eigenvalue weighted by Crippen LogP contribution is -2.50. The highest BCUT2D eigenvalue weighted by Gasteiger charge is 2.41. The third-order valence-electron chi connectivity index (χ3n) is 5.34. The van der Waals surface area contributed by atoms with Gasteiger partial charge in [0, 0.05) is 25.9 Å². The maximum Gasteiger partial charge on any atom is 0.0729 e. The fourth-order valence-electron chi connectivity index (χ4n) is 4.14. The molecule has 2 unspecified atom stereocenters. The predicted octanol–water partition coefficient (Wildman–Crippen LogP) is 3.51. The second kappa shape index (κ2) is 7.77. The molecule has 2 heterocycles. The van der Waals surface area contributed by atoms with Crippen molar-refractivity contribution in [2.75, 3.05) is 19.8 Å². The summed E-state index contributed by atoms with van der Waals surface area (Å²) in [6.07, 6.45) is 9.48. The summed E-state index contributed by atoms with van der Waals surface area (Å²) in [7, 11) is 0. The normalized spacial score (nSPS) is 27.9. The molecule has 2 N–H and O–H groups in total. The first-order valence-electron chi connectivity index (χ1n) is 8.68. The molecule has 0 aromatic carbocycles. The number of nitrogens with two attached hydrogens (primary N) is 1. The highest BCUT2D eigenvalue weighted by molar-refractivity contribution is 4.93. The van der Waals surface area contributed by atoms with Crippen LogP contribution < -0.4 is 5.73 Å². The molecular formula is C17H33NO2. The van der Waals surface area contributed by atoms with E-state index in [1.165, 1.54) is 25.7 Å². The maximum atomic E-state index is 6.67. The van der Waals surface area contributed by atoms with E-state index in [1.54, 1.807) is 0 Å². The van der Waals surface area contributed by atoms with Gasteiger partial charge in [0.2, 0.25) is 0 Å². The minimum atomic E-state index is 0.0851. The van der Waals surface area contributed by atoms with E-state index in [0.29, 0.717) is 17.9 Å². The zero-order valence-corrected chi connectivity index (χ0v) is 13.4. The van der Waals surface area contributed by atoms with Crippen LogP contribution in [0, 0.1) is 11.8 Å². The number of hydrogen-bond acceptors (Lipinski definition) is 3. The molecule has 3 heteroatoms. The van der Waals surface area contributed by atoms with Gasteiger partial charge in [0.05, 0.1) is 5.60 Å². The van der Waals surface area contributed by atoms with Crippen LogP contribution in [-0.4, -0.2) is 31.5 Å². The molecule has 0 amide bonds. The first kappa shape index (κ1) is 16.3. The number of ether oxygens (including phenoxy) is 2. The summed E-state index contributed by atoms with van der Waals surface area (Å²) >= 11 is 0. The van der Waals surface area contributed by atoms with Crippen molar-refractivity contribution in [3.63, 3.8) is 0 Å². The second-order valence-corrected chi connectivity index (χ2v) is 6.81. The van der Waals surface area contributed by atoms with Crippen molar-refractivity contribution < 1.29 is 9.47 Å². The quantitative estimate of drug-likeness (QED) is 0.811. The van der Waals surface area contributed by atoms with Crippen molar-refractivity contribution >= 4 is 0 Å². The van der Waals surface area contributed by atoms with Crippen LogP contribution in [0.25, 0.3) is 0 Å². The van der Waals surface area contributed by atoms with Gasteiger partial charge in [-0.25, -0.2) is 0 Å². The molecular weight excluding hydrogens is 250 g/mol. The van der Waals surface area contributed by atoms with Crippen molar-refractivity contribution in [2.24, 2.45) is 17.6 Å². The van der Waals surface area contributed by atoms with Crippen molar-refractivity contribution in [1.29, 1.82) is 0 Å². The fraction of sp³-hybridized carbons (Fsp3) is 1.00. The van der Waals surface area contributed by atoms with Crippen LogP contribution in [0.15, 0.2) is 0 Å². The predicted molar refractivity (Wildman–Crippen MR) is 82.7 cm³/mol. The van der Waals surface area contributed by atoms with Gasteiger partial charge in [-0.3, -0.25) is 0 Å². The van der Waals surface area contributed by atoms with E-state index in [1.807, 2.05) is 0 Å². The summed E-state index contributed by atoms with van der Waals surface area (Å²) in [6.45, 7) is 7.16. The van der Waals surface area contributed by atoms with E-state index >= 15 is 0 Å². The third-order valence-corrected chi connectivity index (χ3v) is 5.34. The van der Waals surface area contributed by atoms with Crippen LogP contribution in [-0.2, 0) is 9.47 Å². The van der Waals surface area contributed by atoms with Gasteiger partial charge >= 0.3 is 0 Å². The van der Waals surface area contributed by atoms with Gasteiger partial charge < -0.3 is 15.2 Å². The summed E-state index contributed by atoms with van der Waals surface area (Å²) in [6, 6.07) is 0.360. The lowest BCUT2D eigenvalue weighted by atomic mass is 9.73. The number of hydrogen-bond donors (Lipinski definition) is 1. The van der Waals surface area contributed by atoms with E-state index in [0.717, 1.165) is 45.5 Å². The Bertz CT molecular complexity index is 265. The van der Waals surface area contributed by atoms with E-state index in [4.69, 9.17) is 15.2 Å². The standard InChI is InChI=1S/C17H33NO2/c1-3-5-14(6-4-2)16(18)15-7-10-20-17(13-15)8-11-19-12-9-17/h14-16H,3-13,18H2,1-2H3. The Labute approximate surface area is 124 Å². The molecule has 0 aliphatic carbocycles. The Morgan fingerprint density at radius 1 is 1.10 bits per heavy atom. The first-order chi connectivity index (χ1) is 9.71. The highest BCUT2D eigenvalue weighted by atomic mass is 16.5. The molecule has 2 aliphatic heterocycles. The average molecular weight is 283 g/mol. The van der Waals surface area contributed by atoms with Crippen LogP contribution in [0.4, 0.5) is 0 Å². The second-order valence-electron chi connectivity index (χ2n) is 6.81. The fourth-order valence-corrected chi connectivity index (χ4v) is 4.14. The average Bonchev–Trinajstić information content (AvgIpc) is 2.47. The molecule has 2 aliphatic rings. The van der Waals surface area contributed by atoms with Gasteiger partial charge in [-0.05, 0) is 50.4 Å². The van der Waals surface area contributed by atoms with Crippen molar-refractivity contribution in [1.82, 2.24) is 0 Å². The Hall–Kier alpha value is -0.120. The van der Waals surface area contributed by atoms with Crippen molar-refractivity contribution in [2.45, 2.75) is 76.9 Å². The van der Waals surface area contributed by atoms with Crippen LogP contribution in [0.1, 0.15) is 65.2 Å². The van der Waals surface area contributed by atoms with Crippen LogP contribution in [0.3, 0.4) is 0 Å². The van der Waals surface area contributed by atoms with Crippen LogP contribution >= 0.6 is 0 Å². The minimum absolute atomic E-state index is 0.0851. The zero-order valence-electron chi connectivity index (χ0n) is 13.4. The molecule has 0 bridgehead atoms. The molecule has 2 saturated heterocycles. The number of rotatable bonds is 6. The summed E-state index contributed by atoms with van der Waals surface area (Å²) in [4.78, 5) is 0. The summed E-state index contributed by atoms with van der Waals surface area (Å²) < 4.78 is 11.7. The molecule has 3 nitrogen and oxygen atoms in total. The molecule has 118 valence electrons. The van der Waals surface area contributed by atoms with Crippen LogP contribution in [0.5, 0.6) is 0 Å². The summed E-state index contributed by atoms with van der Waals surface area (Å²) in [5.41, 5.74) is 6.75. The van der Waals surface area contributed by atoms with Gasteiger partial charge in [-0.15, -0.1) is 0 Å². The molecule has 0 aromatic heterocycles. The van der Waals surface area contributed by atoms with Crippen molar-refractivity contribution in [3.8, 4) is 0 Å². The van der Waals surface area contributed by atoms with E-state index in [-0.39, 0.29) is 5.60 Å². The van der Waals surface area contributed by atoms with E-state index in [2.05, 4.69) is 13.8 Å². The van der Waals surface area contributed by atoms with Crippen LogP contribution in [0.2, 0.25) is 0 Å². The summed E-state index contributed by atoms with van der Waals surface area (Å²) in [5.74, 6) is 1.34. The Morgan fingerprint density at radius 3 is 2.35 bits per heavy atom.